The van der Waals surface area contributed by atoms with Gasteiger partial charge in [-0.1, -0.05) is 54.1 Å². The topological polar surface area (TPSA) is 75.3 Å². The lowest BCUT2D eigenvalue weighted by Crippen LogP contribution is -2.42. The first-order valence-electron chi connectivity index (χ1n) is 10.4. The smallest absolute Gasteiger partial charge is 0.260 e. The van der Waals surface area contributed by atoms with Crippen molar-refractivity contribution in [1.82, 2.24) is 14.9 Å². The Morgan fingerprint density at radius 3 is 2.61 bits per heavy atom. The molecule has 0 bridgehead atoms. The molecule has 2 aromatic carbocycles. The fourth-order valence-electron chi connectivity index (χ4n) is 4.20. The van der Waals surface area contributed by atoms with Gasteiger partial charge in [-0.25, -0.2) is 4.98 Å². The maximum atomic E-state index is 12.9. The third-order valence-corrected chi connectivity index (χ3v) is 6.45. The van der Waals surface area contributed by atoms with E-state index in [1.165, 1.54) is 5.56 Å². The van der Waals surface area contributed by atoms with Crippen LogP contribution in [0.15, 0.2) is 59.4 Å². The minimum atomic E-state index is -0.189. The van der Waals surface area contributed by atoms with Crippen LogP contribution in [0.1, 0.15) is 35.5 Å². The summed E-state index contributed by atoms with van der Waals surface area (Å²) >= 11 is 6.08. The summed E-state index contributed by atoms with van der Waals surface area (Å²) in [6.07, 6.45) is 2.50. The van der Waals surface area contributed by atoms with Crippen molar-refractivity contribution in [3.05, 3.63) is 92.6 Å². The summed E-state index contributed by atoms with van der Waals surface area (Å²) < 4.78 is 5.57. The van der Waals surface area contributed by atoms with Crippen LogP contribution in [0.25, 0.3) is 0 Å². The number of aromatic nitrogens is 2. The molecule has 7 heteroatoms. The molecule has 1 amide bonds. The Labute approximate surface area is 184 Å². The second-order valence-corrected chi connectivity index (χ2v) is 8.48. The zero-order valence-electron chi connectivity index (χ0n) is 16.9. The zero-order chi connectivity index (χ0) is 21.4. The third-order valence-electron chi connectivity index (χ3n) is 6.14. The van der Waals surface area contributed by atoms with Crippen LogP contribution in [-0.2, 0) is 23.2 Å². The van der Waals surface area contributed by atoms with Crippen LogP contribution in [0, 0.1) is 0 Å². The van der Waals surface area contributed by atoms with Crippen molar-refractivity contribution in [3.8, 4) is 5.75 Å². The zero-order valence-corrected chi connectivity index (χ0v) is 17.7. The molecule has 2 aliphatic rings. The van der Waals surface area contributed by atoms with Crippen LogP contribution >= 0.6 is 11.6 Å². The van der Waals surface area contributed by atoms with Gasteiger partial charge in [0.25, 0.3) is 11.5 Å². The van der Waals surface area contributed by atoms with Crippen LogP contribution in [0.5, 0.6) is 5.75 Å². The lowest BCUT2D eigenvalue weighted by atomic mass is 9.94. The predicted octanol–water partition coefficient (Wildman–Crippen LogP) is 3.47. The number of amides is 1. The number of hydrogen-bond acceptors (Lipinski definition) is 4. The Morgan fingerprint density at radius 1 is 1.13 bits per heavy atom. The van der Waals surface area contributed by atoms with Gasteiger partial charge in [0.15, 0.2) is 6.61 Å². The molecule has 1 N–H and O–H groups in total. The van der Waals surface area contributed by atoms with Crippen molar-refractivity contribution >= 4 is 17.5 Å². The van der Waals surface area contributed by atoms with Crippen molar-refractivity contribution in [3.63, 3.8) is 0 Å². The molecule has 1 fully saturated rings. The summed E-state index contributed by atoms with van der Waals surface area (Å²) in [6.45, 7) is 0.618. The van der Waals surface area contributed by atoms with Gasteiger partial charge >= 0.3 is 0 Å². The highest BCUT2D eigenvalue weighted by Crippen LogP contribution is 2.51. The van der Waals surface area contributed by atoms with E-state index < -0.39 is 0 Å². The van der Waals surface area contributed by atoms with Gasteiger partial charge in [-0.3, -0.25) is 9.59 Å². The first kappa shape index (κ1) is 19.8. The molecular weight excluding hydrogens is 414 g/mol. The first-order valence-corrected chi connectivity index (χ1v) is 10.8. The number of carbonyl (C=O) groups excluding carboxylic acids is 1. The highest BCUT2D eigenvalue weighted by molar-refractivity contribution is 6.32. The molecule has 1 saturated carbocycles. The van der Waals surface area contributed by atoms with E-state index in [1.54, 1.807) is 29.2 Å². The molecule has 31 heavy (non-hydrogen) atoms. The quantitative estimate of drug-likeness (QED) is 0.665. The molecule has 0 spiro atoms. The average molecular weight is 436 g/mol. The van der Waals surface area contributed by atoms with Gasteiger partial charge in [0.05, 0.1) is 28.2 Å². The number of H-pyrrole nitrogens is 1. The number of fused-ring (bicyclic) bond motifs is 1. The van der Waals surface area contributed by atoms with Gasteiger partial charge in [0.1, 0.15) is 11.6 Å². The Kier molecular flexibility index (Phi) is 5.02. The second kappa shape index (κ2) is 7.85. The number of rotatable bonds is 5. The average Bonchev–Trinajstić information content (AvgIpc) is 3.61. The number of nitrogens with zero attached hydrogens (tertiary/aromatic N) is 2. The molecule has 2 heterocycles. The van der Waals surface area contributed by atoms with Gasteiger partial charge < -0.3 is 14.6 Å². The molecule has 1 aliphatic carbocycles. The fourth-order valence-corrected chi connectivity index (χ4v) is 4.39. The monoisotopic (exact) mass is 435 g/mol. The summed E-state index contributed by atoms with van der Waals surface area (Å²) in [5, 5.41) is 0.458. The maximum Gasteiger partial charge on any atom is 0.260 e. The molecule has 5 rings (SSSR count). The molecule has 6 nitrogen and oxygen atoms in total. The summed E-state index contributed by atoms with van der Waals surface area (Å²) in [5.74, 6) is 1.02. The first-order chi connectivity index (χ1) is 15.1. The number of ether oxygens (including phenoxy) is 1. The third kappa shape index (κ3) is 3.72. The molecule has 0 unspecified atom stereocenters. The van der Waals surface area contributed by atoms with Crippen molar-refractivity contribution < 1.29 is 9.53 Å². The van der Waals surface area contributed by atoms with Gasteiger partial charge in [-0.05, 0) is 30.5 Å². The van der Waals surface area contributed by atoms with Crippen molar-refractivity contribution in [2.24, 2.45) is 0 Å². The second-order valence-electron chi connectivity index (χ2n) is 8.07. The number of hydrogen-bond donors (Lipinski definition) is 1. The SMILES string of the molecule is O=C(COc1ccccc1Cl)N1CCc2nc(C3(c4ccccc4)CC3)[nH]c(=O)c2C1. The van der Waals surface area contributed by atoms with Crippen molar-refractivity contribution in [1.29, 1.82) is 0 Å². The van der Waals surface area contributed by atoms with E-state index in [0.717, 1.165) is 24.4 Å². The number of halogens is 1. The molecule has 158 valence electrons. The molecule has 0 radical (unpaired) electrons. The Balaban J connectivity index is 1.33. The molecule has 1 aliphatic heterocycles. The lowest BCUT2D eigenvalue weighted by Gasteiger charge is -2.28. The highest BCUT2D eigenvalue weighted by atomic mass is 35.5. The molecule has 1 aromatic heterocycles. The molecule has 0 atom stereocenters. The van der Waals surface area contributed by atoms with E-state index in [2.05, 4.69) is 17.1 Å². The normalized spacial score (nSPS) is 16.5. The van der Waals surface area contributed by atoms with Crippen molar-refractivity contribution in [2.45, 2.75) is 31.2 Å². The van der Waals surface area contributed by atoms with Gasteiger partial charge in [0.2, 0.25) is 0 Å². The van der Waals surface area contributed by atoms with Crippen LogP contribution in [0.3, 0.4) is 0 Å². The summed E-state index contributed by atoms with van der Waals surface area (Å²) in [5.41, 5.74) is 2.18. The van der Waals surface area contributed by atoms with Crippen LogP contribution < -0.4 is 10.3 Å². The van der Waals surface area contributed by atoms with E-state index in [1.807, 2.05) is 18.2 Å². The largest absolute Gasteiger partial charge is 0.482 e. The molecular formula is C24H22ClN3O3. The number of benzene rings is 2. The summed E-state index contributed by atoms with van der Waals surface area (Å²) in [4.78, 5) is 35.0. The van der Waals surface area contributed by atoms with Crippen LogP contribution in [-0.4, -0.2) is 33.9 Å². The van der Waals surface area contributed by atoms with E-state index in [0.29, 0.717) is 29.3 Å². The molecule has 0 saturated heterocycles. The minimum Gasteiger partial charge on any atom is -0.482 e. The lowest BCUT2D eigenvalue weighted by molar-refractivity contribution is -0.134. The standard InChI is InChI=1S/C24H22ClN3O3/c25-18-8-4-5-9-20(18)31-15-21(29)28-13-10-19-17(14-28)22(30)27-23(26-19)24(11-12-24)16-6-2-1-3-7-16/h1-9H,10-15H2,(H,26,27,30). The van der Waals surface area contributed by atoms with E-state index >= 15 is 0 Å². The summed E-state index contributed by atoms with van der Waals surface area (Å²) in [7, 11) is 0. The number of para-hydroxylation sites is 1. The van der Waals surface area contributed by atoms with Gasteiger partial charge in [-0.2, -0.15) is 0 Å². The minimum absolute atomic E-state index is 0.125. The van der Waals surface area contributed by atoms with E-state index in [-0.39, 0.29) is 30.0 Å². The number of carbonyl (C=O) groups is 1. The van der Waals surface area contributed by atoms with E-state index in [4.69, 9.17) is 21.3 Å². The highest BCUT2D eigenvalue weighted by Gasteiger charge is 2.48. The predicted molar refractivity (Wildman–Crippen MR) is 117 cm³/mol. The Hall–Kier alpha value is -3.12. The van der Waals surface area contributed by atoms with Gasteiger partial charge in [0, 0.05) is 13.0 Å². The Bertz CT molecular complexity index is 1190. The molecule has 3 aromatic rings. The fraction of sp³-hybridized carbons (Fsp3) is 0.292. The Morgan fingerprint density at radius 2 is 1.87 bits per heavy atom. The van der Waals surface area contributed by atoms with Crippen molar-refractivity contribution in [2.75, 3.05) is 13.2 Å². The van der Waals surface area contributed by atoms with Gasteiger partial charge in [-0.15, -0.1) is 0 Å². The number of aromatic amines is 1. The number of nitrogens with one attached hydrogen (secondary N) is 1. The van der Waals surface area contributed by atoms with E-state index in [9.17, 15) is 9.59 Å². The van der Waals surface area contributed by atoms with Crippen LogP contribution in [0.4, 0.5) is 0 Å². The summed E-state index contributed by atoms with van der Waals surface area (Å²) in [6, 6.07) is 17.2. The van der Waals surface area contributed by atoms with Crippen LogP contribution in [0.2, 0.25) is 5.02 Å². The maximum absolute atomic E-state index is 12.9.